The predicted molar refractivity (Wildman–Crippen MR) is 139 cm³/mol. The Morgan fingerprint density at radius 2 is 1.32 bits per heavy atom. The fourth-order valence-corrected chi connectivity index (χ4v) is 6.00. The van der Waals surface area contributed by atoms with Crippen LogP contribution >= 0.6 is 0 Å². The van der Waals surface area contributed by atoms with Gasteiger partial charge in [0, 0.05) is 5.69 Å². The van der Waals surface area contributed by atoms with E-state index in [-0.39, 0.29) is 4.90 Å². The minimum Gasteiger partial charge on any atom is -0.334 e. The van der Waals surface area contributed by atoms with Crippen molar-refractivity contribution in [2.75, 3.05) is 9.21 Å². The minimum atomic E-state index is -3.93. The van der Waals surface area contributed by atoms with E-state index in [1.807, 2.05) is 93.3 Å². The van der Waals surface area contributed by atoms with Gasteiger partial charge in [0.2, 0.25) is 0 Å². The van der Waals surface area contributed by atoms with Gasteiger partial charge < -0.3 is 4.90 Å². The topological polar surface area (TPSA) is 64.4 Å². The van der Waals surface area contributed by atoms with Crippen molar-refractivity contribution in [2.45, 2.75) is 64.6 Å². The first-order chi connectivity index (χ1) is 16.3. The normalized spacial score (nSPS) is 13.1. The van der Waals surface area contributed by atoms with Crippen LogP contribution in [0, 0.1) is 18.3 Å². The number of nitrogens with zero attached hydrogens (tertiary/aromatic N) is 3. The van der Waals surface area contributed by atoms with E-state index < -0.39 is 22.2 Å². The molecule has 0 amide bonds. The van der Waals surface area contributed by atoms with Gasteiger partial charge in [0.05, 0.1) is 16.7 Å². The molecule has 0 fully saturated rings. The SMILES string of the molecule is CCc1ccccc1N(C(C)C#N)C(C)N(c1ccccc1CC)S(=O)(=O)c1ccc(C)cc1. The fraction of sp³-hybridized carbons (Fsp3) is 0.321. The Kier molecular flexibility index (Phi) is 8.01. The lowest BCUT2D eigenvalue weighted by molar-refractivity contribution is 0.563. The molecule has 5 nitrogen and oxygen atoms in total. The second-order valence-corrected chi connectivity index (χ2v) is 10.2. The van der Waals surface area contributed by atoms with Gasteiger partial charge in [-0.2, -0.15) is 5.26 Å². The molecule has 3 aromatic carbocycles. The highest BCUT2D eigenvalue weighted by Gasteiger charge is 2.36. The summed E-state index contributed by atoms with van der Waals surface area (Å²) < 4.78 is 29.8. The first-order valence-electron chi connectivity index (χ1n) is 11.7. The predicted octanol–water partition coefficient (Wildman–Crippen LogP) is 6.08. The molecule has 0 N–H and O–H groups in total. The molecule has 0 spiro atoms. The lowest BCUT2D eigenvalue weighted by Crippen LogP contribution is -2.53. The molecule has 3 aromatic rings. The average molecular weight is 476 g/mol. The molecule has 2 unspecified atom stereocenters. The van der Waals surface area contributed by atoms with Crippen molar-refractivity contribution in [1.82, 2.24) is 0 Å². The van der Waals surface area contributed by atoms with Crippen LogP contribution in [-0.4, -0.2) is 20.6 Å². The van der Waals surface area contributed by atoms with E-state index in [1.54, 1.807) is 12.1 Å². The highest BCUT2D eigenvalue weighted by molar-refractivity contribution is 7.92. The molecular formula is C28H33N3O2S. The van der Waals surface area contributed by atoms with Gasteiger partial charge in [-0.25, -0.2) is 12.7 Å². The molecule has 0 aliphatic carbocycles. The second kappa shape index (κ2) is 10.8. The van der Waals surface area contributed by atoms with Crippen LogP contribution in [0.2, 0.25) is 0 Å². The van der Waals surface area contributed by atoms with Crippen LogP contribution in [0.5, 0.6) is 0 Å². The molecule has 0 aliphatic rings. The van der Waals surface area contributed by atoms with E-state index in [1.165, 1.54) is 4.31 Å². The number of hydrogen-bond acceptors (Lipinski definition) is 4. The number of aryl methyl sites for hydroxylation is 3. The molecule has 34 heavy (non-hydrogen) atoms. The smallest absolute Gasteiger partial charge is 0.266 e. The first kappa shape index (κ1) is 25.3. The van der Waals surface area contributed by atoms with Crippen LogP contribution in [-0.2, 0) is 22.9 Å². The van der Waals surface area contributed by atoms with Crippen molar-refractivity contribution < 1.29 is 8.42 Å². The van der Waals surface area contributed by atoms with Gasteiger partial charge in [-0.05, 0) is 69.0 Å². The quantitative estimate of drug-likeness (QED) is 0.352. The number of hydrogen-bond donors (Lipinski definition) is 0. The maximum absolute atomic E-state index is 14.2. The van der Waals surface area contributed by atoms with Crippen molar-refractivity contribution in [3.63, 3.8) is 0 Å². The molecule has 0 saturated heterocycles. The Morgan fingerprint density at radius 3 is 1.85 bits per heavy atom. The Hall–Kier alpha value is -3.30. The highest BCUT2D eigenvalue weighted by Crippen LogP contribution is 2.34. The lowest BCUT2D eigenvalue weighted by Gasteiger charge is -2.42. The molecule has 0 aliphatic heterocycles. The first-order valence-corrected chi connectivity index (χ1v) is 13.1. The van der Waals surface area contributed by atoms with Gasteiger partial charge >= 0.3 is 0 Å². The van der Waals surface area contributed by atoms with Crippen molar-refractivity contribution in [3.05, 3.63) is 89.5 Å². The van der Waals surface area contributed by atoms with E-state index in [4.69, 9.17) is 0 Å². The van der Waals surface area contributed by atoms with Crippen LogP contribution in [0.3, 0.4) is 0 Å². The summed E-state index contributed by atoms with van der Waals surface area (Å²) in [5.74, 6) is 0. The molecule has 0 aromatic heterocycles. The van der Waals surface area contributed by atoms with E-state index in [0.29, 0.717) is 12.1 Å². The van der Waals surface area contributed by atoms with Crippen LogP contribution in [0.15, 0.2) is 77.7 Å². The molecule has 0 saturated carbocycles. The van der Waals surface area contributed by atoms with Crippen LogP contribution in [0.25, 0.3) is 0 Å². The standard InChI is InChI=1S/C28H33N3O2S/c1-6-24-12-8-10-14-27(24)30(22(4)20-29)23(5)31(28-15-11-9-13-25(28)7-2)34(32,33)26-18-16-21(3)17-19-26/h8-19,22-23H,6-7H2,1-5H3. The maximum Gasteiger partial charge on any atom is 0.266 e. The molecule has 3 rings (SSSR count). The van der Waals surface area contributed by atoms with E-state index in [2.05, 4.69) is 13.0 Å². The van der Waals surface area contributed by atoms with Crippen molar-refractivity contribution >= 4 is 21.4 Å². The fourth-order valence-electron chi connectivity index (χ4n) is 4.35. The van der Waals surface area contributed by atoms with Crippen LogP contribution in [0.4, 0.5) is 11.4 Å². The zero-order valence-corrected chi connectivity index (χ0v) is 21.4. The molecule has 2 atom stereocenters. The number of nitriles is 1. The highest BCUT2D eigenvalue weighted by atomic mass is 32.2. The lowest BCUT2D eigenvalue weighted by atomic mass is 10.1. The van der Waals surface area contributed by atoms with E-state index >= 15 is 0 Å². The number of benzene rings is 3. The van der Waals surface area contributed by atoms with Gasteiger partial charge in [0.1, 0.15) is 12.2 Å². The zero-order chi connectivity index (χ0) is 24.9. The summed E-state index contributed by atoms with van der Waals surface area (Å²) in [7, 11) is -3.93. The molecule has 0 bridgehead atoms. The third-order valence-corrected chi connectivity index (χ3v) is 8.07. The summed E-state index contributed by atoms with van der Waals surface area (Å²) in [4.78, 5) is 2.14. The summed E-state index contributed by atoms with van der Waals surface area (Å²) in [6.45, 7) is 9.68. The molecule has 6 heteroatoms. The number of sulfonamides is 1. The number of para-hydroxylation sites is 2. The Morgan fingerprint density at radius 1 is 0.824 bits per heavy atom. The van der Waals surface area contributed by atoms with E-state index in [9.17, 15) is 13.7 Å². The summed E-state index contributed by atoms with van der Waals surface area (Å²) in [5, 5.41) is 9.92. The van der Waals surface area contributed by atoms with E-state index in [0.717, 1.165) is 28.8 Å². The summed E-state index contributed by atoms with van der Waals surface area (Å²) in [6, 6.07) is 24.2. The summed E-state index contributed by atoms with van der Waals surface area (Å²) in [5.41, 5.74) is 4.47. The molecule has 0 radical (unpaired) electrons. The largest absolute Gasteiger partial charge is 0.334 e. The van der Waals surface area contributed by atoms with Gasteiger partial charge in [-0.1, -0.05) is 67.9 Å². The van der Waals surface area contributed by atoms with Gasteiger partial charge in [0.25, 0.3) is 10.0 Å². The molecular weight excluding hydrogens is 442 g/mol. The van der Waals surface area contributed by atoms with Gasteiger partial charge in [0.15, 0.2) is 0 Å². The third kappa shape index (κ3) is 4.95. The summed E-state index contributed by atoms with van der Waals surface area (Å²) in [6.07, 6.45) is 0.803. The number of rotatable bonds is 9. The van der Waals surface area contributed by atoms with Gasteiger partial charge in [-0.3, -0.25) is 0 Å². The zero-order valence-electron chi connectivity index (χ0n) is 20.6. The monoisotopic (exact) mass is 475 g/mol. The minimum absolute atomic E-state index is 0.226. The maximum atomic E-state index is 14.2. The van der Waals surface area contributed by atoms with Crippen molar-refractivity contribution in [1.29, 1.82) is 5.26 Å². The second-order valence-electron chi connectivity index (χ2n) is 8.42. The average Bonchev–Trinajstić information content (AvgIpc) is 2.85. The number of anilines is 2. The van der Waals surface area contributed by atoms with Gasteiger partial charge in [-0.15, -0.1) is 0 Å². The van der Waals surface area contributed by atoms with Crippen molar-refractivity contribution in [2.24, 2.45) is 0 Å². The Bertz CT molecular complexity index is 1260. The Balaban J connectivity index is 2.28. The Labute approximate surface area is 204 Å². The molecule has 178 valence electrons. The van der Waals surface area contributed by atoms with Crippen LogP contribution < -0.4 is 9.21 Å². The molecule has 0 heterocycles. The third-order valence-electron chi connectivity index (χ3n) is 6.18. The van der Waals surface area contributed by atoms with Crippen LogP contribution in [0.1, 0.15) is 44.4 Å². The summed E-state index contributed by atoms with van der Waals surface area (Å²) >= 11 is 0. The van der Waals surface area contributed by atoms with Crippen molar-refractivity contribution in [3.8, 4) is 6.07 Å².